The third-order valence-electron chi connectivity index (χ3n) is 3.66. The first-order valence-corrected chi connectivity index (χ1v) is 6.98. The number of hydrogen-bond donors (Lipinski definition) is 1. The van der Waals surface area contributed by atoms with E-state index in [2.05, 4.69) is 44.8 Å². The summed E-state index contributed by atoms with van der Waals surface area (Å²) in [6, 6.07) is 1.58. The minimum absolute atomic E-state index is 0.271. The van der Waals surface area contributed by atoms with Crippen LogP contribution in [0.5, 0.6) is 0 Å². The van der Waals surface area contributed by atoms with Crippen molar-refractivity contribution in [3.05, 3.63) is 0 Å². The van der Waals surface area contributed by atoms with E-state index in [1.54, 1.807) is 0 Å². The monoisotopic (exact) mass is 226 g/mol. The molecule has 1 rings (SSSR count). The Morgan fingerprint density at radius 2 is 1.50 bits per heavy atom. The maximum atomic E-state index is 3.74. The lowest BCUT2D eigenvalue weighted by Crippen LogP contribution is -2.48. The fourth-order valence-corrected chi connectivity index (χ4v) is 2.94. The molecule has 0 radical (unpaired) electrons. The maximum absolute atomic E-state index is 3.74. The van der Waals surface area contributed by atoms with E-state index in [0.717, 1.165) is 12.1 Å². The van der Waals surface area contributed by atoms with Crippen molar-refractivity contribution in [1.29, 1.82) is 0 Å². The van der Waals surface area contributed by atoms with Gasteiger partial charge in [-0.1, -0.05) is 13.8 Å². The Balaban J connectivity index is 2.33. The zero-order chi connectivity index (χ0) is 12.2. The largest absolute Gasteiger partial charge is 0.309 e. The van der Waals surface area contributed by atoms with Crippen molar-refractivity contribution in [1.82, 2.24) is 10.2 Å². The van der Waals surface area contributed by atoms with E-state index in [4.69, 9.17) is 0 Å². The lowest BCUT2D eigenvalue weighted by Gasteiger charge is -2.38. The molecule has 1 N–H and O–H groups in total. The van der Waals surface area contributed by atoms with Crippen LogP contribution >= 0.6 is 0 Å². The third-order valence-corrected chi connectivity index (χ3v) is 3.66. The number of nitrogens with zero attached hydrogens (tertiary/aromatic N) is 1. The second-order valence-electron chi connectivity index (χ2n) is 6.12. The van der Waals surface area contributed by atoms with Crippen LogP contribution in [0.3, 0.4) is 0 Å². The molecule has 0 unspecified atom stereocenters. The summed E-state index contributed by atoms with van der Waals surface area (Å²) in [4.78, 5) is 2.62. The molecule has 1 aliphatic rings. The van der Waals surface area contributed by atoms with Gasteiger partial charge in [0.2, 0.25) is 0 Å². The molecular formula is C14H30N2. The maximum Gasteiger partial charge on any atom is 0.00990 e. The van der Waals surface area contributed by atoms with Crippen LogP contribution in [-0.2, 0) is 0 Å². The molecule has 0 saturated heterocycles. The molecule has 0 heterocycles. The number of rotatable bonds is 4. The molecule has 0 aromatic rings. The van der Waals surface area contributed by atoms with Crippen molar-refractivity contribution in [3.8, 4) is 0 Å². The number of nitrogens with one attached hydrogen (secondary N) is 1. The van der Waals surface area contributed by atoms with Gasteiger partial charge in [-0.2, -0.15) is 0 Å². The van der Waals surface area contributed by atoms with Crippen molar-refractivity contribution >= 4 is 0 Å². The summed E-state index contributed by atoms with van der Waals surface area (Å²) in [5, 5.41) is 3.74. The smallest absolute Gasteiger partial charge is 0.00990 e. The summed E-state index contributed by atoms with van der Waals surface area (Å²) < 4.78 is 0. The van der Waals surface area contributed by atoms with Crippen LogP contribution in [-0.4, -0.2) is 35.6 Å². The molecule has 0 atom stereocenters. The predicted molar refractivity (Wildman–Crippen MR) is 71.9 cm³/mol. The van der Waals surface area contributed by atoms with Crippen LogP contribution in [0.15, 0.2) is 0 Å². The highest BCUT2D eigenvalue weighted by Crippen LogP contribution is 2.24. The minimum Gasteiger partial charge on any atom is -0.309 e. The Morgan fingerprint density at radius 1 is 1.00 bits per heavy atom. The van der Waals surface area contributed by atoms with E-state index >= 15 is 0 Å². The zero-order valence-corrected chi connectivity index (χ0v) is 11.8. The Labute approximate surface area is 102 Å². The van der Waals surface area contributed by atoms with Gasteiger partial charge in [-0.15, -0.1) is 0 Å². The van der Waals surface area contributed by atoms with E-state index in [9.17, 15) is 0 Å². The van der Waals surface area contributed by atoms with E-state index < -0.39 is 0 Å². The van der Waals surface area contributed by atoms with Gasteiger partial charge in [-0.3, -0.25) is 0 Å². The van der Waals surface area contributed by atoms with E-state index in [1.165, 1.54) is 38.8 Å². The first-order chi connectivity index (χ1) is 7.46. The fourth-order valence-electron chi connectivity index (χ4n) is 2.94. The molecule has 0 bridgehead atoms. The van der Waals surface area contributed by atoms with Crippen LogP contribution in [0, 0.1) is 0 Å². The molecule has 16 heavy (non-hydrogen) atoms. The molecule has 1 saturated carbocycles. The van der Waals surface area contributed by atoms with Crippen molar-refractivity contribution < 1.29 is 0 Å². The zero-order valence-electron chi connectivity index (χ0n) is 11.8. The van der Waals surface area contributed by atoms with E-state index in [-0.39, 0.29) is 5.54 Å². The predicted octanol–water partition coefficient (Wildman–Crippen LogP) is 3.03. The van der Waals surface area contributed by atoms with Crippen molar-refractivity contribution in [2.75, 3.05) is 13.1 Å². The van der Waals surface area contributed by atoms with Crippen LogP contribution in [0.2, 0.25) is 0 Å². The Morgan fingerprint density at radius 3 is 1.88 bits per heavy atom. The molecule has 1 aliphatic carbocycles. The summed E-state index contributed by atoms with van der Waals surface area (Å²) >= 11 is 0. The topological polar surface area (TPSA) is 15.3 Å². The molecule has 1 fully saturated rings. The Kier molecular flexibility index (Phi) is 5.26. The quantitative estimate of drug-likeness (QED) is 0.792. The first-order valence-electron chi connectivity index (χ1n) is 6.98. The average Bonchev–Trinajstić information content (AvgIpc) is 2.20. The molecule has 2 nitrogen and oxygen atoms in total. The molecule has 0 amide bonds. The summed E-state index contributed by atoms with van der Waals surface area (Å²) in [7, 11) is 0. The van der Waals surface area contributed by atoms with E-state index in [0.29, 0.717) is 0 Å². The standard InChI is InChI=1S/C14H30N2/c1-6-16(7-2)13-10-8-12(9-11-13)15-14(3,4)5/h12-13,15H,6-11H2,1-5H3/t12-,13-. The van der Waals surface area contributed by atoms with E-state index in [1.807, 2.05) is 0 Å². The average molecular weight is 226 g/mol. The van der Waals surface area contributed by atoms with Gasteiger partial charge >= 0.3 is 0 Å². The number of hydrogen-bond acceptors (Lipinski definition) is 2. The van der Waals surface area contributed by atoms with Crippen molar-refractivity contribution in [3.63, 3.8) is 0 Å². The summed E-state index contributed by atoms with van der Waals surface area (Å²) in [5.74, 6) is 0. The lowest BCUT2D eigenvalue weighted by molar-refractivity contribution is 0.149. The van der Waals surface area contributed by atoms with Gasteiger partial charge in [0, 0.05) is 17.6 Å². The normalized spacial score (nSPS) is 27.4. The van der Waals surface area contributed by atoms with Gasteiger partial charge in [-0.25, -0.2) is 0 Å². The third kappa shape index (κ3) is 4.42. The van der Waals surface area contributed by atoms with Gasteiger partial charge in [0.25, 0.3) is 0 Å². The molecule has 0 aromatic carbocycles. The summed E-state index contributed by atoms with van der Waals surface area (Å²) in [6.45, 7) is 13.8. The Hall–Kier alpha value is -0.0800. The van der Waals surface area contributed by atoms with Crippen LogP contribution in [0.4, 0.5) is 0 Å². The molecule has 2 heteroatoms. The SMILES string of the molecule is CCN(CC)[C@H]1CC[C@H](NC(C)(C)C)CC1. The molecule has 0 aromatic heterocycles. The summed E-state index contributed by atoms with van der Waals surface area (Å²) in [6.07, 6.45) is 5.43. The molecule has 96 valence electrons. The van der Waals surface area contributed by atoms with Crippen LogP contribution in [0.25, 0.3) is 0 Å². The highest BCUT2D eigenvalue weighted by atomic mass is 15.1. The van der Waals surface area contributed by atoms with Gasteiger partial charge in [-0.05, 0) is 59.5 Å². The van der Waals surface area contributed by atoms with Gasteiger partial charge in [0.1, 0.15) is 0 Å². The van der Waals surface area contributed by atoms with Gasteiger partial charge < -0.3 is 10.2 Å². The second-order valence-corrected chi connectivity index (χ2v) is 6.12. The van der Waals surface area contributed by atoms with Crippen molar-refractivity contribution in [2.24, 2.45) is 0 Å². The van der Waals surface area contributed by atoms with Crippen LogP contribution < -0.4 is 5.32 Å². The van der Waals surface area contributed by atoms with Crippen molar-refractivity contribution in [2.45, 2.75) is 77.9 Å². The molecule has 0 aliphatic heterocycles. The molecular weight excluding hydrogens is 196 g/mol. The highest BCUT2D eigenvalue weighted by molar-refractivity contribution is 4.85. The second kappa shape index (κ2) is 6.02. The minimum atomic E-state index is 0.271. The Bertz CT molecular complexity index is 183. The van der Waals surface area contributed by atoms with Gasteiger partial charge in [0.15, 0.2) is 0 Å². The first kappa shape index (κ1) is 14.0. The van der Waals surface area contributed by atoms with Gasteiger partial charge in [0.05, 0.1) is 0 Å². The molecule has 0 spiro atoms. The fraction of sp³-hybridized carbons (Fsp3) is 1.00. The summed E-state index contributed by atoms with van der Waals surface area (Å²) in [5.41, 5.74) is 0.271. The lowest BCUT2D eigenvalue weighted by atomic mass is 9.88. The van der Waals surface area contributed by atoms with Crippen LogP contribution in [0.1, 0.15) is 60.3 Å². The highest BCUT2D eigenvalue weighted by Gasteiger charge is 2.26.